The van der Waals surface area contributed by atoms with Crippen LogP contribution in [0, 0.1) is 0 Å². The first-order valence-electron chi connectivity index (χ1n) is 7.61. The lowest BCUT2D eigenvalue weighted by Gasteiger charge is -2.07. The Morgan fingerprint density at radius 1 is 1.08 bits per heavy atom. The molecule has 0 fully saturated rings. The highest BCUT2D eigenvalue weighted by atomic mass is 79.9. The molecule has 1 aliphatic heterocycles. The number of carbonyl (C=O) groups is 1. The van der Waals surface area contributed by atoms with E-state index in [1.165, 1.54) is 6.07 Å². The number of carbonyl (C=O) groups excluding carboxylic acids is 1. The van der Waals surface area contributed by atoms with E-state index in [1.54, 1.807) is 24.3 Å². The summed E-state index contributed by atoms with van der Waals surface area (Å²) in [6.45, 7) is 0.434. The van der Waals surface area contributed by atoms with Gasteiger partial charge in [0.15, 0.2) is 17.1 Å². The van der Waals surface area contributed by atoms with Gasteiger partial charge in [-0.1, -0.05) is 22.0 Å². The molecule has 4 rings (SSSR count). The van der Waals surface area contributed by atoms with Crippen LogP contribution in [0.5, 0.6) is 11.5 Å². The predicted molar refractivity (Wildman–Crippen MR) is 102 cm³/mol. The quantitative estimate of drug-likeness (QED) is 0.574. The largest absolute Gasteiger partial charge is 0.454 e. The van der Waals surface area contributed by atoms with E-state index < -0.39 is 11.5 Å². The van der Waals surface area contributed by atoms with E-state index in [0.29, 0.717) is 26.9 Å². The zero-order valence-electron chi connectivity index (χ0n) is 13.2. The number of benzene rings is 2. The molecule has 26 heavy (non-hydrogen) atoms. The highest BCUT2D eigenvalue weighted by Crippen LogP contribution is 2.32. The summed E-state index contributed by atoms with van der Waals surface area (Å²) in [5.41, 5.74) is 0.482. The minimum absolute atomic E-state index is 0.0526. The van der Waals surface area contributed by atoms with Crippen molar-refractivity contribution < 1.29 is 18.7 Å². The van der Waals surface area contributed by atoms with Gasteiger partial charge < -0.3 is 19.2 Å². The van der Waals surface area contributed by atoms with Crippen LogP contribution in [0.15, 0.2) is 54.6 Å². The average molecular weight is 481 g/mol. The molecule has 1 aromatic heterocycles. The van der Waals surface area contributed by atoms with Crippen LogP contribution in [-0.4, -0.2) is 12.7 Å². The summed E-state index contributed by atoms with van der Waals surface area (Å²) >= 11 is 6.72. The fourth-order valence-electron chi connectivity index (χ4n) is 2.64. The number of hydrogen-bond acceptors (Lipinski definition) is 5. The summed E-state index contributed by atoms with van der Waals surface area (Å²) in [6, 6.07) is 10.5. The van der Waals surface area contributed by atoms with E-state index in [0.717, 1.165) is 10.0 Å². The Morgan fingerprint density at radius 2 is 1.88 bits per heavy atom. The first kappa shape index (κ1) is 17.1. The van der Waals surface area contributed by atoms with Gasteiger partial charge in [0, 0.05) is 16.4 Å². The fraction of sp³-hybridized carbons (Fsp3) is 0.111. The van der Waals surface area contributed by atoms with Crippen LogP contribution in [-0.2, 0) is 6.54 Å². The highest BCUT2D eigenvalue weighted by molar-refractivity contribution is 9.11. The Labute approximate surface area is 164 Å². The molecular formula is C18H11Br2NO5. The zero-order valence-corrected chi connectivity index (χ0v) is 16.3. The lowest BCUT2D eigenvalue weighted by molar-refractivity contribution is 0.0947. The first-order valence-corrected chi connectivity index (χ1v) is 9.19. The number of fused-ring (bicyclic) bond motifs is 2. The molecule has 1 aliphatic rings. The third kappa shape index (κ3) is 3.22. The van der Waals surface area contributed by atoms with Crippen molar-refractivity contribution in [2.75, 3.05) is 6.79 Å². The van der Waals surface area contributed by atoms with Crippen molar-refractivity contribution in [1.82, 2.24) is 5.32 Å². The smallest absolute Gasteiger partial charge is 0.349 e. The van der Waals surface area contributed by atoms with Crippen molar-refractivity contribution in [1.29, 1.82) is 0 Å². The fourth-order valence-corrected chi connectivity index (χ4v) is 3.98. The first-order chi connectivity index (χ1) is 12.5. The van der Waals surface area contributed by atoms with Gasteiger partial charge in [-0.05, 0) is 51.8 Å². The van der Waals surface area contributed by atoms with Gasteiger partial charge in [-0.2, -0.15) is 0 Å². The summed E-state index contributed by atoms with van der Waals surface area (Å²) in [4.78, 5) is 24.6. The van der Waals surface area contributed by atoms with Crippen LogP contribution in [0.2, 0.25) is 0 Å². The molecule has 1 N–H and O–H groups in total. The highest BCUT2D eigenvalue weighted by Gasteiger charge is 2.17. The van der Waals surface area contributed by atoms with Crippen molar-refractivity contribution in [3.63, 3.8) is 0 Å². The van der Waals surface area contributed by atoms with Gasteiger partial charge in [0.2, 0.25) is 6.79 Å². The Morgan fingerprint density at radius 3 is 2.73 bits per heavy atom. The zero-order chi connectivity index (χ0) is 18.3. The third-order valence-corrected chi connectivity index (χ3v) is 4.93. The summed E-state index contributed by atoms with van der Waals surface area (Å²) < 4.78 is 17.3. The molecule has 0 spiro atoms. The SMILES string of the molecule is O=C(NCc1ccc2c(c1)OCO2)c1cc2cc(Br)cc(Br)c2oc1=O. The number of nitrogens with one attached hydrogen (secondary N) is 1. The van der Waals surface area contributed by atoms with Gasteiger partial charge >= 0.3 is 5.63 Å². The third-order valence-electron chi connectivity index (χ3n) is 3.89. The van der Waals surface area contributed by atoms with Crippen LogP contribution in [0.25, 0.3) is 11.0 Å². The Hall–Kier alpha value is -2.32. The predicted octanol–water partition coefficient (Wildman–Crippen LogP) is 3.98. The van der Waals surface area contributed by atoms with E-state index in [2.05, 4.69) is 37.2 Å². The van der Waals surface area contributed by atoms with Gasteiger partial charge in [0.1, 0.15) is 5.56 Å². The average Bonchev–Trinajstić information content (AvgIpc) is 3.07. The molecule has 0 unspecified atom stereocenters. The summed E-state index contributed by atoms with van der Waals surface area (Å²) in [6.07, 6.45) is 0. The molecule has 2 aromatic carbocycles. The van der Waals surface area contributed by atoms with Crippen molar-refractivity contribution in [2.24, 2.45) is 0 Å². The summed E-state index contributed by atoms with van der Waals surface area (Å²) in [7, 11) is 0. The second kappa shape index (κ2) is 6.77. The van der Waals surface area contributed by atoms with E-state index in [4.69, 9.17) is 13.9 Å². The normalized spacial score (nSPS) is 12.4. The maximum absolute atomic E-state index is 12.4. The molecule has 0 bridgehead atoms. The second-order valence-electron chi connectivity index (χ2n) is 5.62. The Kier molecular flexibility index (Phi) is 4.46. The molecule has 6 nitrogen and oxygen atoms in total. The molecule has 8 heteroatoms. The maximum Gasteiger partial charge on any atom is 0.349 e. The van der Waals surface area contributed by atoms with Crippen molar-refractivity contribution in [3.05, 3.63) is 66.9 Å². The van der Waals surface area contributed by atoms with Crippen molar-refractivity contribution in [2.45, 2.75) is 6.54 Å². The summed E-state index contributed by atoms with van der Waals surface area (Å²) in [5, 5.41) is 3.36. The summed E-state index contributed by atoms with van der Waals surface area (Å²) in [5.74, 6) is 0.803. The standard InChI is InChI=1S/C18H11Br2NO5/c19-11-4-10-5-12(18(23)26-16(10)13(20)6-11)17(22)21-7-9-1-2-14-15(3-9)25-8-24-14/h1-6H,7-8H2,(H,21,22). The molecule has 2 heterocycles. The van der Waals surface area contributed by atoms with Crippen LogP contribution in [0.1, 0.15) is 15.9 Å². The number of ether oxygens (including phenoxy) is 2. The lowest BCUT2D eigenvalue weighted by Crippen LogP contribution is -2.27. The molecule has 3 aromatic rings. The lowest BCUT2D eigenvalue weighted by atomic mass is 10.1. The van der Waals surface area contributed by atoms with Crippen LogP contribution in [0.4, 0.5) is 0 Å². The Bertz CT molecular complexity index is 1090. The molecule has 0 atom stereocenters. The van der Waals surface area contributed by atoms with E-state index in [9.17, 15) is 9.59 Å². The molecule has 132 valence electrons. The van der Waals surface area contributed by atoms with Gasteiger partial charge in [0.05, 0.1) is 4.47 Å². The number of hydrogen-bond donors (Lipinski definition) is 1. The number of halogens is 2. The Balaban J connectivity index is 1.58. The van der Waals surface area contributed by atoms with Crippen LogP contribution in [0.3, 0.4) is 0 Å². The molecule has 0 aliphatic carbocycles. The minimum atomic E-state index is -0.691. The molecular weight excluding hydrogens is 470 g/mol. The van der Waals surface area contributed by atoms with Crippen LogP contribution < -0.4 is 20.4 Å². The van der Waals surface area contributed by atoms with Gasteiger partial charge in [-0.25, -0.2) is 4.79 Å². The van der Waals surface area contributed by atoms with Crippen molar-refractivity contribution >= 4 is 48.7 Å². The molecule has 0 radical (unpaired) electrons. The number of amides is 1. The minimum Gasteiger partial charge on any atom is -0.454 e. The van der Waals surface area contributed by atoms with Gasteiger partial charge in [-0.3, -0.25) is 4.79 Å². The molecule has 0 saturated carbocycles. The van der Waals surface area contributed by atoms with Gasteiger partial charge in [-0.15, -0.1) is 0 Å². The van der Waals surface area contributed by atoms with Crippen molar-refractivity contribution in [3.8, 4) is 11.5 Å². The molecule has 0 saturated heterocycles. The van der Waals surface area contributed by atoms with Gasteiger partial charge in [0.25, 0.3) is 5.91 Å². The monoisotopic (exact) mass is 479 g/mol. The molecule has 1 amide bonds. The van der Waals surface area contributed by atoms with E-state index >= 15 is 0 Å². The van der Waals surface area contributed by atoms with Crippen LogP contribution >= 0.6 is 31.9 Å². The van der Waals surface area contributed by atoms with E-state index in [-0.39, 0.29) is 18.9 Å². The van der Waals surface area contributed by atoms with E-state index in [1.807, 2.05) is 6.07 Å². The second-order valence-corrected chi connectivity index (χ2v) is 7.39. The maximum atomic E-state index is 12.4. The number of rotatable bonds is 3. The topological polar surface area (TPSA) is 77.8 Å².